The van der Waals surface area contributed by atoms with E-state index in [2.05, 4.69) is 10.4 Å². The first kappa shape index (κ1) is 16.5. The zero-order chi connectivity index (χ0) is 17.1. The van der Waals surface area contributed by atoms with Crippen LogP contribution in [-0.4, -0.2) is 34.0 Å². The summed E-state index contributed by atoms with van der Waals surface area (Å²) in [6, 6.07) is 7.40. The van der Waals surface area contributed by atoms with Gasteiger partial charge in [0.15, 0.2) is 0 Å². The van der Waals surface area contributed by atoms with Crippen LogP contribution in [0.2, 0.25) is 0 Å². The number of benzene rings is 1. The second kappa shape index (κ2) is 7.05. The van der Waals surface area contributed by atoms with Crippen molar-refractivity contribution in [3.63, 3.8) is 0 Å². The lowest BCUT2D eigenvalue weighted by Crippen LogP contribution is -2.41. The van der Waals surface area contributed by atoms with Crippen molar-refractivity contribution >= 4 is 5.91 Å². The van der Waals surface area contributed by atoms with Gasteiger partial charge >= 0.3 is 0 Å². The maximum atomic E-state index is 12.5. The van der Waals surface area contributed by atoms with Gasteiger partial charge in [0.1, 0.15) is 5.75 Å². The molecule has 24 heavy (non-hydrogen) atoms. The van der Waals surface area contributed by atoms with Gasteiger partial charge in [0.25, 0.3) is 0 Å². The normalized spacial score (nSPS) is 21.0. The Kier molecular flexibility index (Phi) is 4.85. The minimum atomic E-state index is -0.264. The summed E-state index contributed by atoms with van der Waals surface area (Å²) in [6.45, 7) is 0. The molecule has 1 aliphatic rings. The Hall–Kier alpha value is -2.34. The van der Waals surface area contributed by atoms with Gasteiger partial charge < -0.3 is 15.2 Å². The fraction of sp³-hybridized carbons (Fsp3) is 0.444. The summed E-state index contributed by atoms with van der Waals surface area (Å²) in [5.74, 6) is 0.894. The summed E-state index contributed by atoms with van der Waals surface area (Å²) in [5.41, 5.74) is 1.83. The van der Waals surface area contributed by atoms with Gasteiger partial charge in [-0.2, -0.15) is 5.10 Å². The highest BCUT2D eigenvalue weighted by Gasteiger charge is 2.36. The van der Waals surface area contributed by atoms with E-state index in [1.54, 1.807) is 18.0 Å². The Bertz CT molecular complexity index is 707. The second-order valence-electron chi connectivity index (χ2n) is 6.37. The van der Waals surface area contributed by atoms with Crippen LogP contribution in [0.4, 0.5) is 0 Å². The van der Waals surface area contributed by atoms with Crippen LogP contribution in [0, 0.1) is 5.92 Å². The number of para-hydroxylation sites is 1. The standard InChI is InChI=1S/C18H23N3O3/c1-21-11-14(10-19-21)18(13-7-15(22)8-13)20-17(23)9-12-5-3-4-6-16(12)24-2/h3-6,10-11,13,15,18,22H,7-9H2,1-2H3,(H,20,23)/t13?,15?,18-/m0/s1. The first-order chi connectivity index (χ1) is 11.6. The predicted octanol–water partition coefficient (Wildman–Crippen LogP) is 1.60. The van der Waals surface area contributed by atoms with E-state index in [-0.39, 0.29) is 30.4 Å². The number of hydrogen-bond acceptors (Lipinski definition) is 4. The first-order valence-corrected chi connectivity index (χ1v) is 8.14. The molecule has 0 unspecified atom stereocenters. The number of nitrogens with zero attached hydrogens (tertiary/aromatic N) is 2. The maximum absolute atomic E-state index is 12.5. The van der Waals surface area contributed by atoms with Crippen molar-refractivity contribution < 1.29 is 14.6 Å². The van der Waals surface area contributed by atoms with Crippen molar-refractivity contribution in [1.82, 2.24) is 15.1 Å². The number of ether oxygens (including phenoxy) is 1. The molecule has 1 aliphatic carbocycles. The Labute approximate surface area is 141 Å². The van der Waals surface area contributed by atoms with E-state index in [1.165, 1.54) is 0 Å². The van der Waals surface area contributed by atoms with Gasteiger partial charge in [0, 0.05) is 24.4 Å². The largest absolute Gasteiger partial charge is 0.496 e. The number of aryl methyl sites for hydroxylation is 1. The molecule has 1 heterocycles. The summed E-state index contributed by atoms with van der Waals surface area (Å²) in [4.78, 5) is 12.5. The number of rotatable bonds is 6. The van der Waals surface area contributed by atoms with Crippen molar-refractivity contribution in [3.05, 3.63) is 47.8 Å². The summed E-state index contributed by atoms with van der Waals surface area (Å²) >= 11 is 0. The first-order valence-electron chi connectivity index (χ1n) is 8.14. The van der Waals surface area contributed by atoms with E-state index >= 15 is 0 Å². The smallest absolute Gasteiger partial charge is 0.225 e. The fourth-order valence-corrected chi connectivity index (χ4v) is 3.22. The Morgan fingerprint density at radius 1 is 1.46 bits per heavy atom. The molecule has 1 saturated carbocycles. The van der Waals surface area contributed by atoms with Crippen LogP contribution in [0.5, 0.6) is 5.75 Å². The van der Waals surface area contributed by atoms with Gasteiger partial charge in [0.05, 0.1) is 31.9 Å². The summed E-state index contributed by atoms with van der Waals surface area (Å²) in [7, 11) is 3.46. The maximum Gasteiger partial charge on any atom is 0.225 e. The molecule has 2 N–H and O–H groups in total. The molecule has 0 spiro atoms. The average Bonchev–Trinajstić information content (AvgIpc) is 2.97. The molecule has 1 aromatic heterocycles. The topological polar surface area (TPSA) is 76.4 Å². The van der Waals surface area contributed by atoms with E-state index in [4.69, 9.17) is 4.74 Å². The van der Waals surface area contributed by atoms with Crippen molar-refractivity contribution in [2.45, 2.75) is 31.4 Å². The van der Waals surface area contributed by atoms with Crippen molar-refractivity contribution in [2.75, 3.05) is 7.11 Å². The molecule has 0 radical (unpaired) electrons. The lowest BCUT2D eigenvalue weighted by atomic mass is 9.75. The molecule has 3 rings (SSSR count). The molecule has 1 atom stereocenters. The summed E-state index contributed by atoms with van der Waals surface area (Å²) in [5, 5.41) is 16.9. The van der Waals surface area contributed by atoms with Crippen molar-refractivity contribution in [3.8, 4) is 5.75 Å². The second-order valence-corrected chi connectivity index (χ2v) is 6.37. The number of amides is 1. The molecular weight excluding hydrogens is 306 g/mol. The minimum Gasteiger partial charge on any atom is -0.496 e. The van der Waals surface area contributed by atoms with E-state index in [0.717, 1.165) is 11.1 Å². The highest BCUT2D eigenvalue weighted by molar-refractivity contribution is 5.79. The number of aromatic nitrogens is 2. The molecule has 0 aliphatic heterocycles. The van der Waals surface area contributed by atoms with E-state index < -0.39 is 0 Å². The van der Waals surface area contributed by atoms with E-state index in [1.807, 2.05) is 37.5 Å². The number of carbonyl (C=O) groups excluding carboxylic acids is 1. The molecule has 1 aromatic carbocycles. The van der Waals surface area contributed by atoms with E-state index in [9.17, 15) is 9.90 Å². The number of nitrogens with one attached hydrogen (secondary N) is 1. The Balaban J connectivity index is 1.71. The predicted molar refractivity (Wildman–Crippen MR) is 89.5 cm³/mol. The molecule has 6 heteroatoms. The number of hydrogen-bond donors (Lipinski definition) is 2. The summed E-state index contributed by atoms with van der Waals surface area (Å²) in [6.07, 6.45) is 5.09. The molecule has 0 bridgehead atoms. The SMILES string of the molecule is COc1ccccc1CC(=O)N[C@H](c1cnn(C)c1)C1CC(O)C1. The third-order valence-corrected chi connectivity index (χ3v) is 4.57. The molecule has 6 nitrogen and oxygen atoms in total. The van der Waals surface area contributed by atoms with Gasteiger partial charge in [-0.1, -0.05) is 18.2 Å². The van der Waals surface area contributed by atoms with Crippen LogP contribution in [0.25, 0.3) is 0 Å². The summed E-state index contributed by atoms with van der Waals surface area (Å²) < 4.78 is 7.03. The zero-order valence-corrected chi connectivity index (χ0v) is 14.0. The number of aliphatic hydroxyl groups excluding tert-OH is 1. The Morgan fingerprint density at radius 3 is 2.83 bits per heavy atom. The number of aliphatic hydroxyl groups is 1. The van der Waals surface area contributed by atoms with Gasteiger partial charge in [-0.25, -0.2) is 0 Å². The number of methoxy groups -OCH3 is 1. The van der Waals surface area contributed by atoms with Crippen LogP contribution in [0.15, 0.2) is 36.7 Å². The van der Waals surface area contributed by atoms with Gasteiger partial charge in [-0.05, 0) is 24.8 Å². The molecule has 1 amide bonds. The monoisotopic (exact) mass is 329 g/mol. The van der Waals surface area contributed by atoms with Crippen LogP contribution in [0.1, 0.15) is 30.0 Å². The van der Waals surface area contributed by atoms with Crippen molar-refractivity contribution in [1.29, 1.82) is 0 Å². The zero-order valence-electron chi connectivity index (χ0n) is 14.0. The molecule has 2 aromatic rings. The van der Waals surface area contributed by atoms with Crippen LogP contribution < -0.4 is 10.1 Å². The van der Waals surface area contributed by atoms with Crippen molar-refractivity contribution in [2.24, 2.45) is 13.0 Å². The van der Waals surface area contributed by atoms with Crippen LogP contribution in [-0.2, 0) is 18.3 Å². The lowest BCUT2D eigenvalue weighted by molar-refractivity contribution is -0.122. The van der Waals surface area contributed by atoms with Gasteiger partial charge in [0.2, 0.25) is 5.91 Å². The molecular formula is C18H23N3O3. The lowest BCUT2D eigenvalue weighted by Gasteiger charge is -2.37. The number of carbonyl (C=O) groups is 1. The third-order valence-electron chi connectivity index (χ3n) is 4.57. The van der Waals surface area contributed by atoms with Gasteiger partial charge in [-0.3, -0.25) is 9.48 Å². The van der Waals surface area contributed by atoms with E-state index in [0.29, 0.717) is 18.6 Å². The average molecular weight is 329 g/mol. The fourth-order valence-electron chi connectivity index (χ4n) is 3.22. The van der Waals surface area contributed by atoms with Crippen LogP contribution >= 0.6 is 0 Å². The quantitative estimate of drug-likeness (QED) is 0.844. The third kappa shape index (κ3) is 3.59. The highest BCUT2D eigenvalue weighted by atomic mass is 16.5. The molecule has 1 fully saturated rings. The Morgan fingerprint density at radius 2 is 2.21 bits per heavy atom. The minimum absolute atomic E-state index is 0.0604. The van der Waals surface area contributed by atoms with Crippen LogP contribution in [0.3, 0.4) is 0 Å². The molecule has 0 saturated heterocycles. The highest BCUT2D eigenvalue weighted by Crippen LogP contribution is 2.38. The van der Waals surface area contributed by atoms with Gasteiger partial charge in [-0.15, -0.1) is 0 Å². The molecule has 128 valence electrons.